The molecule has 0 aliphatic rings. The third-order valence-corrected chi connectivity index (χ3v) is 4.56. The van der Waals surface area contributed by atoms with Gasteiger partial charge in [0.05, 0.1) is 5.69 Å². The van der Waals surface area contributed by atoms with E-state index in [0.717, 1.165) is 34.7 Å². The summed E-state index contributed by atoms with van der Waals surface area (Å²) >= 11 is 0. The van der Waals surface area contributed by atoms with Crippen molar-refractivity contribution in [1.29, 1.82) is 0 Å². The van der Waals surface area contributed by atoms with Crippen LogP contribution in [0.3, 0.4) is 0 Å². The first-order valence-electron chi connectivity index (χ1n) is 10.2. The van der Waals surface area contributed by atoms with E-state index in [1.165, 1.54) is 0 Å². The van der Waals surface area contributed by atoms with Gasteiger partial charge in [0.25, 0.3) is 0 Å². The van der Waals surface area contributed by atoms with E-state index in [1.807, 2.05) is 57.3 Å². The molecule has 0 radical (unpaired) electrons. The molecule has 7 heteroatoms. The minimum Gasteiger partial charge on any atom is -0.490 e. The van der Waals surface area contributed by atoms with E-state index in [0.29, 0.717) is 24.6 Å². The summed E-state index contributed by atoms with van der Waals surface area (Å²) in [7, 11) is 1.87. The number of aryl methyl sites for hydroxylation is 2. The maximum Gasteiger partial charge on any atom is 0.319 e. The van der Waals surface area contributed by atoms with Crippen molar-refractivity contribution < 1.29 is 14.3 Å². The summed E-state index contributed by atoms with van der Waals surface area (Å²) in [6.07, 6.45) is 3.37. The number of anilines is 1. The number of amides is 2. The zero-order valence-electron chi connectivity index (χ0n) is 18.1. The van der Waals surface area contributed by atoms with Gasteiger partial charge in [0.1, 0.15) is 23.9 Å². The number of aromatic nitrogens is 1. The van der Waals surface area contributed by atoms with Crippen LogP contribution in [0.15, 0.2) is 60.9 Å². The number of pyridine rings is 1. The molecule has 2 amide bonds. The lowest BCUT2D eigenvalue weighted by Crippen LogP contribution is -2.28. The second-order valence-electron chi connectivity index (χ2n) is 7.14. The van der Waals surface area contributed by atoms with Crippen LogP contribution in [0.4, 0.5) is 10.5 Å². The molecule has 0 atom stereocenters. The van der Waals surface area contributed by atoms with Crippen molar-refractivity contribution in [3.63, 3.8) is 0 Å². The van der Waals surface area contributed by atoms with Gasteiger partial charge in [-0.15, -0.1) is 0 Å². The highest BCUT2D eigenvalue weighted by Gasteiger charge is 2.09. The van der Waals surface area contributed by atoms with Gasteiger partial charge in [0, 0.05) is 25.5 Å². The second kappa shape index (κ2) is 11.0. The van der Waals surface area contributed by atoms with Crippen LogP contribution in [-0.4, -0.2) is 31.2 Å². The van der Waals surface area contributed by atoms with Gasteiger partial charge in [-0.25, -0.2) is 4.79 Å². The van der Waals surface area contributed by atoms with Crippen LogP contribution < -0.4 is 25.4 Å². The molecule has 3 rings (SSSR count). The molecular weight excluding hydrogens is 392 g/mol. The summed E-state index contributed by atoms with van der Waals surface area (Å²) in [5.41, 5.74) is 3.64. The fourth-order valence-electron chi connectivity index (χ4n) is 2.95. The molecule has 0 aliphatic heterocycles. The quantitative estimate of drug-likeness (QED) is 0.447. The van der Waals surface area contributed by atoms with Crippen molar-refractivity contribution in [2.75, 3.05) is 25.5 Å². The van der Waals surface area contributed by atoms with Gasteiger partial charge in [-0.3, -0.25) is 4.98 Å². The van der Waals surface area contributed by atoms with E-state index in [9.17, 15) is 4.79 Å². The highest BCUT2D eigenvalue weighted by Crippen LogP contribution is 2.26. The van der Waals surface area contributed by atoms with Crippen molar-refractivity contribution >= 4 is 11.7 Å². The topological polar surface area (TPSA) is 84.5 Å². The number of carbonyl (C=O) groups excluding carboxylic acids is 1. The number of hydrogen-bond acceptors (Lipinski definition) is 5. The van der Waals surface area contributed by atoms with Crippen molar-refractivity contribution in [2.24, 2.45) is 0 Å². The molecule has 1 aromatic heterocycles. The smallest absolute Gasteiger partial charge is 0.319 e. The first-order chi connectivity index (χ1) is 15.0. The van der Waals surface area contributed by atoms with E-state index in [4.69, 9.17) is 9.47 Å². The van der Waals surface area contributed by atoms with Crippen LogP contribution in [0.5, 0.6) is 17.2 Å². The Labute approximate surface area is 182 Å². The number of benzene rings is 2. The number of ether oxygens (including phenoxy) is 2. The number of likely N-dealkylation sites (N-methyl/N-ethyl adjacent to an activating group) is 1. The third-order valence-electron chi connectivity index (χ3n) is 4.56. The van der Waals surface area contributed by atoms with Crippen LogP contribution in [0, 0.1) is 13.8 Å². The van der Waals surface area contributed by atoms with E-state index in [2.05, 4.69) is 20.9 Å². The summed E-state index contributed by atoms with van der Waals surface area (Å²) in [6, 6.07) is 14.9. The Morgan fingerprint density at radius 2 is 1.77 bits per heavy atom. The fraction of sp³-hybridized carbons (Fsp3) is 0.250. The van der Waals surface area contributed by atoms with Gasteiger partial charge >= 0.3 is 6.03 Å². The van der Waals surface area contributed by atoms with Gasteiger partial charge in [0.15, 0.2) is 0 Å². The maximum atomic E-state index is 12.5. The Balaban J connectivity index is 1.57. The lowest BCUT2D eigenvalue weighted by Gasteiger charge is -2.14. The number of rotatable bonds is 9. The van der Waals surface area contributed by atoms with Gasteiger partial charge in [-0.1, -0.05) is 18.2 Å². The molecule has 0 bridgehead atoms. The van der Waals surface area contributed by atoms with Crippen LogP contribution in [0.2, 0.25) is 0 Å². The Morgan fingerprint density at radius 1 is 1.00 bits per heavy atom. The van der Waals surface area contributed by atoms with Gasteiger partial charge in [0.2, 0.25) is 0 Å². The maximum absolute atomic E-state index is 12.5. The van der Waals surface area contributed by atoms with Crippen LogP contribution in [0.1, 0.15) is 16.7 Å². The lowest BCUT2D eigenvalue weighted by atomic mass is 10.1. The zero-order valence-corrected chi connectivity index (χ0v) is 18.1. The van der Waals surface area contributed by atoms with E-state index in [1.54, 1.807) is 24.5 Å². The molecule has 1 heterocycles. The third kappa shape index (κ3) is 6.72. The number of urea groups is 1. The molecular formula is C24H28N4O3. The van der Waals surface area contributed by atoms with E-state index < -0.39 is 0 Å². The number of nitrogens with zero attached hydrogens (tertiary/aromatic N) is 1. The first-order valence-corrected chi connectivity index (χ1v) is 10.2. The molecule has 31 heavy (non-hydrogen) atoms. The molecule has 0 unspecified atom stereocenters. The average molecular weight is 421 g/mol. The molecule has 0 saturated carbocycles. The normalized spacial score (nSPS) is 10.4. The molecule has 7 nitrogen and oxygen atoms in total. The molecule has 0 aliphatic carbocycles. The summed E-state index contributed by atoms with van der Waals surface area (Å²) in [4.78, 5) is 16.4. The average Bonchev–Trinajstić information content (AvgIpc) is 2.76. The molecule has 2 aromatic carbocycles. The molecule has 162 valence electrons. The number of carbonyl (C=O) groups is 1. The predicted octanol–water partition coefficient (Wildman–Crippen LogP) is 4.41. The van der Waals surface area contributed by atoms with Crippen LogP contribution in [0.25, 0.3) is 0 Å². The fourth-order valence-corrected chi connectivity index (χ4v) is 2.95. The largest absolute Gasteiger partial charge is 0.490 e. The predicted molar refractivity (Wildman–Crippen MR) is 122 cm³/mol. The highest BCUT2D eigenvalue weighted by molar-refractivity contribution is 5.91. The molecule has 3 N–H and O–H groups in total. The Morgan fingerprint density at radius 3 is 2.52 bits per heavy atom. The van der Waals surface area contributed by atoms with Gasteiger partial charge in [-0.05, 0) is 67.9 Å². The Hall–Kier alpha value is -3.58. The van der Waals surface area contributed by atoms with Gasteiger partial charge in [-0.2, -0.15) is 0 Å². The molecule has 3 aromatic rings. The van der Waals surface area contributed by atoms with E-state index in [-0.39, 0.29) is 6.03 Å². The molecule has 0 fully saturated rings. The Kier molecular flexibility index (Phi) is 7.84. The van der Waals surface area contributed by atoms with Crippen LogP contribution in [-0.2, 0) is 6.54 Å². The van der Waals surface area contributed by atoms with Crippen molar-refractivity contribution in [3.8, 4) is 17.2 Å². The number of nitrogens with one attached hydrogen (secondary N) is 3. The highest BCUT2D eigenvalue weighted by atomic mass is 16.5. The Bertz CT molecular complexity index is 1010. The standard InChI is InChI=1S/C24H28N4O3/c1-17-4-6-23(30-13-12-25-3)21(14-17)28-24(29)27-16-19-5-7-22(18(2)15-19)31-20-8-10-26-11-9-20/h4-11,14-15,25H,12-13,16H2,1-3H3,(H2,27,28,29). The van der Waals surface area contributed by atoms with Crippen molar-refractivity contribution in [2.45, 2.75) is 20.4 Å². The minimum atomic E-state index is -0.293. The van der Waals surface area contributed by atoms with Crippen molar-refractivity contribution in [1.82, 2.24) is 15.6 Å². The summed E-state index contributed by atoms with van der Waals surface area (Å²) in [6.45, 7) is 5.58. The summed E-state index contributed by atoms with van der Waals surface area (Å²) < 4.78 is 11.6. The molecule has 0 saturated heterocycles. The van der Waals surface area contributed by atoms with Crippen molar-refractivity contribution in [3.05, 3.63) is 77.6 Å². The number of hydrogen-bond donors (Lipinski definition) is 3. The SMILES string of the molecule is CNCCOc1ccc(C)cc1NC(=O)NCc1ccc(Oc2ccncc2)c(C)c1. The first kappa shape index (κ1) is 22.1. The second-order valence-corrected chi connectivity index (χ2v) is 7.14. The monoisotopic (exact) mass is 420 g/mol. The minimum absolute atomic E-state index is 0.293. The van der Waals surface area contributed by atoms with Gasteiger partial charge < -0.3 is 25.4 Å². The van der Waals surface area contributed by atoms with E-state index >= 15 is 0 Å². The lowest BCUT2D eigenvalue weighted by molar-refractivity contribution is 0.251. The molecule has 0 spiro atoms. The summed E-state index contributed by atoms with van der Waals surface area (Å²) in [5, 5.41) is 8.81. The zero-order chi connectivity index (χ0) is 22.1. The summed E-state index contributed by atoms with van der Waals surface area (Å²) in [5.74, 6) is 2.14. The van der Waals surface area contributed by atoms with Crippen LogP contribution >= 0.6 is 0 Å².